The van der Waals surface area contributed by atoms with Gasteiger partial charge in [-0.15, -0.1) is 0 Å². The van der Waals surface area contributed by atoms with Gasteiger partial charge in [0.25, 0.3) is 0 Å². The summed E-state index contributed by atoms with van der Waals surface area (Å²) in [6.45, 7) is 0.510. The number of anilines is 3. The van der Waals surface area contributed by atoms with E-state index in [0.29, 0.717) is 24.4 Å². The van der Waals surface area contributed by atoms with Gasteiger partial charge in [-0.3, -0.25) is 0 Å². The van der Waals surface area contributed by atoms with Crippen LogP contribution < -0.4 is 16.0 Å². The molecular weight excluding hydrogens is 431 g/mol. The van der Waals surface area contributed by atoms with Gasteiger partial charge < -0.3 is 21.1 Å². The highest BCUT2D eigenvalue weighted by atomic mass is 19.1. The molecule has 182 valence electrons. The third-order valence-electron chi connectivity index (χ3n) is 8.44. The number of aromatic nitrogens is 3. The van der Waals surface area contributed by atoms with Crippen molar-refractivity contribution in [2.75, 3.05) is 16.0 Å². The second-order valence-corrected chi connectivity index (χ2v) is 11.3. The molecule has 0 radical (unpaired) electrons. The van der Waals surface area contributed by atoms with E-state index in [1.165, 1.54) is 50.7 Å². The van der Waals surface area contributed by atoms with Crippen molar-refractivity contribution in [3.63, 3.8) is 0 Å². The molecule has 7 rings (SSSR count). The molecule has 0 saturated heterocycles. The Hall–Kier alpha value is -2.48. The lowest BCUT2D eigenvalue weighted by Crippen LogP contribution is -2.55. The number of hydrogen-bond donors (Lipinski definition) is 4. The van der Waals surface area contributed by atoms with E-state index < -0.39 is 0 Å². The van der Waals surface area contributed by atoms with E-state index in [0.717, 1.165) is 49.0 Å². The number of rotatable bonds is 7. The van der Waals surface area contributed by atoms with E-state index in [-0.39, 0.29) is 23.5 Å². The van der Waals surface area contributed by atoms with Crippen molar-refractivity contribution >= 4 is 17.8 Å². The molecule has 5 fully saturated rings. The molecule has 34 heavy (non-hydrogen) atoms. The van der Waals surface area contributed by atoms with Crippen LogP contribution in [-0.4, -0.2) is 37.7 Å². The summed E-state index contributed by atoms with van der Waals surface area (Å²) in [6.07, 6.45) is 11.0. The Morgan fingerprint density at radius 1 is 0.824 bits per heavy atom. The van der Waals surface area contributed by atoms with E-state index in [2.05, 4.69) is 20.9 Å². The average molecular weight is 467 g/mol. The molecule has 0 atom stereocenters. The molecule has 5 aliphatic carbocycles. The van der Waals surface area contributed by atoms with Gasteiger partial charge in [0.15, 0.2) is 0 Å². The molecule has 0 amide bonds. The zero-order valence-electron chi connectivity index (χ0n) is 19.6. The summed E-state index contributed by atoms with van der Waals surface area (Å²) in [5, 5.41) is 20.4. The smallest absolute Gasteiger partial charge is 0.229 e. The highest BCUT2D eigenvalue weighted by molar-refractivity contribution is 5.45. The van der Waals surface area contributed by atoms with Gasteiger partial charge in [0.05, 0.1) is 6.10 Å². The molecule has 0 aliphatic heterocycles. The number of hydrogen-bond acceptors (Lipinski definition) is 7. The minimum absolute atomic E-state index is 0.108. The number of aliphatic hydroxyl groups excluding tert-OH is 1. The summed E-state index contributed by atoms with van der Waals surface area (Å²) in [4.78, 5) is 14.2. The summed E-state index contributed by atoms with van der Waals surface area (Å²) < 4.78 is 13.3. The molecule has 4 bridgehead atoms. The number of nitrogens with zero attached hydrogens (tertiary/aromatic N) is 3. The van der Waals surface area contributed by atoms with Crippen LogP contribution in [0.15, 0.2) is 24.3 Å². The van der Waals surface area contributed by atoms with Crippen LogP contribution in [0.2, 0.25) is 0 Å². The van der Waals surface area contributed by atoms with Gasteiger partial charge in [-0.2, -0.15) is 15.0 Å². The first-order valence-electron chi connectivity index (χ1n) is 13.0. The van der Waals surface area contributed by atoms with Crippen molar-refractivity contribution in [3.8, 4) is 0 Å². The van der Waals surface area contributed by atoms with Gasteiger partial charge in [0, 0.05) is 18.1 Å². The molecule has 5 saturated carbocycles. The third kappa shape index (κ3) is 4.83. The first kappa shape index (κ1) is 22.0. The van der Waals surface area contributed by atoms with Crippen LogP contribution in [0.25, 0.3) is 0 Å². The van der Waals surface area contributed by atoms with E-state index in [9.17, 15) is 9.50 Å². The van der Waals surface area contributed by atoms with Gasteiger partial charge in [0.2, 0.25) is 17.8 Å². The number of nitrogens with one attached hydrogen (secondary N) is 3. The lowest BCUT2D eigenvalue weighted by atomic mass is 9.53. The Balaban J connectivity index is 1.22. The van der Waals surface area contributed by atoms with Crippen LogP contribution in [0.3, 0.4) is 0 Å². The molecule has 0 unspecified atom stereocenters. The Morgan fingerprint density at radius 3 is 2.06 bits per heavy atom. The summed E-state index contributed by atoms with van der Waals surface area (Å²) in [5.74, 6) is 4.00. The highest BCUT2D eigenvalue weighted by Gasteiger charge is 2.51. The normalized spacial score (nSPS) is 34.1. The predicted molar refractivity (Wildman–Crippen MR) is 130 cm³/mol. The minimum atomic E-state index is -0.241. The molecule has 2 aromatic rings. The highest BCUT2D eigenvalue weighted by Crippen LogP contribution is 2.56. The Morgan fingerprint density at radius 2 is 1.41 bits per heavy atom. The quantitative estimate of drug-likeness (QED) is 0.469. The Bertz CT molecular complexity index is 972. The lowest BCUT2D eigenvalue weighted by molar-refractivity contribution is 0.0103. The van der Waals surface area contributed by atoms with Crippen molar-refractivity contribution in [1.29, 1.82) is 0 Å². The monoisotopic (exact) mass is 466 g/mol. The SMILES string of the molecule is OC1CCC(Nc2nc(NCc3ccc(F)cc3)nc(NC34CC5CC(CC(C5)C3)C4)n2)CC1. The molecule has 0 spiro atoms. The molecule has 8 heteroatoms. The van der Waals surface area contributed by atoms with Gasteiger partial charge >= 0.3 is 0 Å². The molecule has 1 aromatic heterocycles. The maximum absolute atomic E-state index is 13.3. The summed E-state index contributed by atoms with van der Waals surface area (Å²) in [5.41, 5.74) is 1.07. The van der Waals surface area contributed by atoms with Gasteiger partial charge in [-0.25, -0.2) is 4.39 Å². The zero-order chi connectivity index (χ0) is 23.1. The van der Waals surface area contributed by atoms with E-state index in [1.807, 2.05) is 0 Å². The zero-order valence-corrected chi connectivity index (χ0v) is 19.6. The Labute approximate surface area is 200 Å². The lowest BCUT2D eigenvalue weighted by Gasteiger charge is -2.56. The molecule has 4 N–H and O–H groups in total. The van der Waals surface area contributed by atoms with Gasteiger partial charge in [0.1, 0.15) is 5.82 Å². The van der Waals surface area contributed by atoms with E-state index >= 15 is 0 Å². The molecule has 7 nitrogen and oxygen atoms in total. The summed E-state index contributed by atoms with van der Waals surface area (Å²) in [6, 6.07) is 6.72. The van der Waals surface area contributed by atoms with E-state index in [4.69, 9.17) is 9.97 Å². The van der Waals surface area contributed by atoms with Crippen LogP contribution in [0.5, 0.6) is 0 Å². The topological polar surface area (TPSA) is 95.0 Å². The first-order chi connectivity index (χ1) is 16.5. The Kier molecular flexibility index (Phi) is 5.79. The second-order valence-electron chi connectivity index (χ2n) is 11.3. The van der Waals surface area contributed by atoms with Crippen molar-refractivity contribution in [3.05, 3.63) is 35.6 Å². The van der Waals surface area contributed by atoms with Crippen LogP contribution in [0.1, 0.15) is 69.8 Å². The molecule has 1 heterocycles. The largest absolute Gasteiger partial charge is 0.393 e. The van der Waals surface area contributed by atoms with Crippen molar-refractivity contribution < 1.29 is 9.50 Å². The second kappa shape index (κ2) is 8.95. The molecular formula is C26H35FN6O. The van der Waals surface area contributed by atoms with Crippen LogP contribution in [0.4, 0.5) is 22.2 Å². The molecule has 1 aromatic carbocycles. The van der Waals surface area contributed by atoms with Crippen LogP contribution in [0, 0.1) is 23.6 Å². The number of aliphatic hydroxyl groups is 1. The van der Waals surface area contributed by atoms with Gasteiger partial charge in [-0.1, -0.05) is 12.1 Å². The van der Waals surface area contributed by atoms with Crippen molar-refractivity contribution in [1.82, 2.24) is 15.0 Å². The predicted octanol–water partition coefficient (Wildman–Crippen LogP) is 4.72. The number of benzene rings is 1. The standard InChI is InChI=1S/C26H35FN6O/c27-20-3-1-16(2-4-20)15-28-23-30-24(29-21-5-7-22(34)8-6-21)32-25(31-23)33-26-12-17-9-18(13-26)11-19(10-17)14-26/h1-4,17-19,21-22,34H,5-15H2,(H3,28,29,30,31,32,33). The first-order valence-corrected chi connectivity index (χ1v) is 13.0. The van der Waals surface area contributed by atoms with Crippen LogP contribution in [-0.2, 0) is 6.54 Å². The minimum Gasteiger partial charge on any atom is -0.393 e. The third-order valence-corrected chi connectivity index (χ3v) is 8.44. The molecule has 5 aliphatic rings. The summed E-state index contributed by atoms with van der Waals surface area (Å²) >= 11 is 0. The van der Waals surface area contributed by atoms with Crippen molar-refractivity contribution in [2.24, 2.45) is 17.8 Å². The fourth-order valence-electron chi connectivity index (χ4n) is 7.26. The van der Waals surface area contributed by atoms with Gasteiger partial charge in [-0.05, 0) is 99.7 Å². The number of halogens is 1. The summed E-state index contributed by atoms with van der Waals surface area (Å²) in [7, 11) is 0. The maximum Gasteiger partial charge on any atom is 0.229 e. The average Bonchev–Trinajstić information content (AvgIpc) is 2.79. The van der Waals surface area contributed by atoms with Crippen LogP contribution >= 0.6 is 0 Å². The fraction of sp³-hybridized carbons (Fsp3) is 0.654. The van der Waals surface area contributed by atoms with E-state index in [1.54, 1.807) is 12.1 Å². The fourth-order valence-corrected chi connectivity index (χ4v) is 7.26. The van der Waals surface area contributed by atoms with Crippen molar-refractivity contribution in [2.45, 2.75) is 88.4 Å². The maximum atomic E-state index is 13.3.